The first-order valence-electron chi connectivity index (χ1n) is 3.86. The van der Waals surface area contributed by atoms with Crippen LogP contribution in [-0.4, -0.2) is 32.1 Å². The first kappa shape index (κ1) is 9.60. The van der Waals surface area contributed by atoms with Crippen LogP contribution in [0.2, 0.25) is 0 Å². The summed E-state index contributed by atoms with van der Waals surface area (Å²) in [6, 6.07) is 1.97. The molecule has 2 rings (SSSR count). The van der Waals surface area contributed by atoms with E-state index in [4.69, 9.17) is 5.73 Å². The summed E-state index contributed by atoms with van der Waals surface area (Å²) in [5, 5.41) is 9.60. The van der Waals surface area contributed by atoms with Gasteiger partial charge in [0.1, 0.15) is 5.03 Å². The average molecular weight is 227 g/mol. The maximum atomic E-state index is 5.67. The first-order valence-corrected chi connectivity index (χ1v) is 6.31. The number of nitrogen functional groups attached to an aromatic ring is 1. The highest BCUT2D eigenvalue weighted by molar-refractivity contribution is 7.99. The normalized spacial score (nSPS) is 11.0. The van der Waals surface area contributed by atoms with Gasteiger partial charge in [-0.25, -0.2) is 9.38 Å². The summed E-state index contributed by atoms with van der Waals surface area (Å²) in [7, 11) is 0. The molecule has 74 valence electrons. The molecule has 0 amide bonds. The molecule has 2 aromatic heterocycles. The summed E-state index contributed by atoms with van der Waals surface area (Å²) in [5.41, 5.74) is 5.67. The lowest BCUT2D eigenvalue weighted by Crippen LogP contribution is -1.99. The summed E-state index contributed by atoms with van der Waals surface area (Å²) in [6.07, 6.45) is 3.96. The van der Waals surface area contributed by atoms with Crippen molar-refractivity contribution in [3.63, 3.8) is 0 Å². The van der Waals surface area contributed by atoms with Crippen LogP contribution in [0.3, 0.4) is 0 Å². The first-order chi connectivity index (χ1) is 6.76. The second-order valence-electron chi connectivity index (χ2n) is 2.53. The van der Waals surface area contributed by atoms with E-state index in [1.54, 1.807) is 27.9 Å². The SMILES string of the molecule is CSc1cc(SC)n2c(N)nnc2n1. The molecule has 2 heterocycles. The summed E-state index contributed by atoms with van der Waals surface area (Å²) in [6.45, 7) is 0. The van der Waals surface area contributed by atoms with Gasteiger partial charge in [0.05, 0.1) is 5.03 Å². The number of thioether (sulfide) groups is 2. The topological polar surface area (TPSA) is 69.1 Å². The van der Waals surface area contributed by atoms with E-state index in [1.165, 1.54) is 0 Å². The molecule has 0 saturated carbocycles. The molecule has 14 heavy (non-hydrogen) atoms. The number of nitrogens with two attached hydrogens (primary N) is 1. The van der Waals surface area contributed by atoms with Crippen molar-refractivity contribution in [2.24, 2.45) is 0 Å². The minimum absolute atomic E-state index is 0.379. The molecule has 0 unspecified atom stereocenters. The van der Waals surface area contributed by atoms with Crippen LogP contribution in [0.15, 0.2) is 16.1 Å². The molecule has 0 fully saturated rings. The number of aromatic nitrogens is 4. The van der Waals surface area contributed by atoms with Gasteiger partial charge < -0.3 is 5.73 Å². The summed E-state index contributed by atoms with van der Waals surface area (Å²) >= 11 is 3.17. The van der Waals surface area contributed by atoms with Crippen molar-refractivity contribution in [2.45, 2.75) is 10.1 Å². The van der Waals surface area contributed by atoms with Crippen molar-refractivity contribution >= 4 is 35.2 Å². The van der Waals surface area contributed by atoms with Crippen LogP contribution in [0.1, 0.15) is 0 Å². The van der Waals surface area contributed by atoms with Crippen LogP contribution in [0.25, 0.3) is 5.78 Å². The lowest BCUT2D eigenvalue weighted by Gasteiger charge is -2.03. The van der Waals surface area contributed by atoms with Gasteiger partial charge in [-0.2, -0.15) is 0 Å². The number of nitrogens with zero attached hydrogens (tertiary/aromatic N) is 4. The van der Waals surface area contributed by atoms with Crippen molar-refractivity contribution in [3.05, 3.63) is 6.07 Å². The predicted octanol–water partition coefficient (Wildman–Crippen LogP) is 1.15. The lowest BCUT2D eigenvalue weighted by atomic mass is 10.6. The minimum Gasteiger partial charge on any atom is -0.368 e. The van der Waals surface area contributed by atoms with E-state index in [2.05, 4.69) is 15.2 Å². The van der Waals surface area contributed by atoms with E-state index < -0.39 is 0 Å². The molecular weight excluding hydrogens is 218 g/mol. The number of hydrogen-bond donors (Lipinski definition) is 1. The molecular formula is C7H9N5S2. The molecule has 0 aliphatic rings. The van der Waals surface area contributed by atoms with Gasteiger partial charge in [-0.05, 0) is 12.5 Å². The van der Waals surface area contributed by atoms with Gasteiger partial charge in [0.25, 0.3) is 5.78 Å². The Bertz CT molecular complexity index is 466. The quantitative estimate of drug-likeness (QED) is 0.613. The van der Waals surface area contributed by atoms with E-state index in [0.29, 0.717) is 11.7 Å². The Morgan fingerprint density at radius 2 is 2.07 bits per heavy atom. The Balaban J connectivity index is 2.76. The number of fused-ring (bicyclic) bond motifs is 1. The fourth-order valence-corrected chi connectivity index (χ4v) is 2.19. The van der Waals surface area contributed by atoms with E-state index in [9.17, 15) is 0 Å². The van der Waals surface area contributed by atoms with Crippen LogP contribution in [-0.2, 0) is 0 Å². The van der Waals surface area contributed by atoms with Crippen molar-refractivity contribution in [1.29, 1.82) is 0 Å². The molecule has 0 spiro atoms. The van der Waals surface area contributed by atoms with Crippen molar-refractivity contribution < 1.29 is 0 Å². The van der Waals surface area contributed by atoms with Crippen molar-refractivity contribution in [1.82, 2.24) is 19.6 Å². The van der Waals surface area contributed by atoms with E-state index in [0.717, 1.165) is 10.1 Å². The Hall–Kier alpha value is -0.950. The predicted molar refractivity (Wildman–Crippen MR) is 58.8 cm³/mol. The molecule has 0 saturated heterocycles. The standard InChI is InChI=1S/C7H9N5S2/c1-13-4-3-5(14-2)12-6(8)10-11-7(12)9-4/h3H,1-2H3,(H2,8,10). The molecule has 0 radical (unpaired) electrons. The van der Waals surface area contributed by atoms with Gasteiger partial charge in [0.15, 0.2) is 0 Å². The van der Waals surface area contributed by atoms with E-state index in [-0.39, 0.29) is 0 Å². The second-order valence-corrected chi connectivity index (χ2v) is 4.19. The molecule has 0 aliphatic heterocycles. The van der Waals surface area contributed by atoms with E-state index in [1.807, 2.05) is 18.6 Å². The van der Waals surface area contributed by atoms with Crippen LogP contribution in [0.5, 0.6) is 0 Å². The molecule has 5 nitrogen and oxygen atoms in total. The Kier molecular flexibility index (Phi) is 2.51. The largest absolute Gasteiger partial charge is 0.368 e. The Labute approximate surface area is 89.5 Å². The third-order valence-corrected chi connectivity index (χ3v) is 3.11. The van der Waals surface area contributed by atoms with Crippen molar-refractivity contribution in [3.8, 4) is 0 Å². The highest BCUT2D eigenvalue weighted by Gasteiger charge is 2.09. The monoisotopic (exact) mass is 227 g/mol. The van der Waals surface area contributed by atoms with Gasteiger partial charge in [-0.15, -0.1) is 33.7 Å². The fraction of sp³-hybridized carbons (Fsp3) is 0.286. The van der Waals surface area contributed by atoms with Crippen LogP contribution < -0.4 is 5.73 Å². The lowest BCUT2D eigenvalue weighted by molar-refractivity contribution is 0.937. The highest BCUT2D eigenvalue weighted by atomic mass is 32.2. The smallest absolute Gasteiger partial charge is 0.258 e. The average Bonchev–Trinajstić information content (AvgIpc) is 2.59. The summed E-state index contributed by atoms with van der Waals surface area (Å²) < 4.78 is 1.74. The van der Waals surface area contributed by atoms with E-state index >= 15 is 0 Å². The fourth-order valence-electron chi connectivity index (χ4n) is 1.13. The zero-order chi connectivity index (χ0) is 10.1. The summed E-state index contributed by atoms with van der Waals surface area (Å²) in [4.78, 5) is 4.28. The Morgan fingerprint density at radius 3 is 2.71 bits per heavy atom. The van der Waals surface area contributed by atoms with Crippen LogP contribution >= 0.6 is 23.5 Å². The molecule has 0 aliphatic carbocycles. The number of rotatable bonds is 2. The molecule has 2 aromatic rings. The van der Waals surface area contributed by atoms with Gasteiger partial charge in [0.2, 0.25) is 5.95 Å². The maximum Gasteiger partial charge on any atom is 0.258 e. The third kappa shape index (κ3) is 1.42. The van der Waals surface area contributed by atoms with Gasteiger partial charge >= 0.3 is 0 Å². The summed E-state index contributed by atoms with van der Waals surface area (Å²) in [5.74, 6) is 0.934. The van der Waals surface area contributed by atoms with Crippen molar-refractivity contribution in [2.75, 3.05) is 18.2 Å². The van der Waals surface area contributed by atoms with Gasteiger partial charge in [-0.3, -0.25) is 0 Å². The number of hydrogen-bond acceptors (Lipinski definition) is 6. The van der Waals surface area contributed by atoms with Crippen LogP contribution in [0.4, 0.5) is 5.95 Å². The molecule has 0 aromatic carbocycles. The maximum absolute atomic E-state index is 5.67. The zero-order valence-corrected chi connectivity index (χ0v) is 9.39. The van der Waals surface area contributed by atoms with Gasteiger partial charge in [-0.1, -0.05) is 0 Å². The minimum atomic E-state index is 0.379. The zero-order valence-electron chi connectivity index (χ0n) is 7.76. The van der Waals surface area contributed by atoms with Crippen LogP contribution in [0, 0.1) is 0 Å². The molecule has 0 atom stereocenters. The molecule has 0 bridgehead atoms. The third-order valence-electron chi connectivity index (χ3n) is 1.77. The highest BCUT2D eigenvalue weighted by Crippen LogP contribution is 2.22. The number of anilines is 1. The molecule has 7 heteroatoms. The van der Waals surface area contributed by atoms with Gasteiger partial charge in [0, 0.05) is 6.07 Å². The second kappa shape index (κ2) is 3.66. The Morgan fingerprint density at radius 1 is 1.29 bits per heavy atom. The molecule has 2 N–H and O–H groups in total.